The molecule has 0 saturated carbocycles. The lowest BCUT2D eigenvalue weighted by atomic mass is 10.2. The summed E-state index contributed by atoms with van der Waals surface area (Å²) in [5, 5.41) is 12.3. The molecule has 2 aromatic heterocycles. The van der Waals surface area contributed by atoms with Crippen molar-refractivity contribution in [2.75, 3.05) is 18.5 Å². The number of hydrogen-bond donors (Lipinski definition) is 1. The highest BCUT2D eigenvalue weighted by Gasteiger charge is 2.13. The van der Waals surface area contributed by atoms with Crippen LogP contribution < -0.4 is 19.5 Å². The maximum atomic E-state index is 12.6. The van der Waals surface area contributed by atoms with Crippen LogP contribution in [0.15, 0.2) is 61.1 Å². The van der Waals surface area contributed by atoms with Gasteiger partial charge in [-0.1, -0.05) is 29.3 Å². The predicted molar refractivity (Wildman–Crippen MR) is 137 cm³/mol. The van der Waals surface area contributed by atoms with Gasteiger partial charge in [-0.25, -0.2) is 4.68 Å². The SMILES string of the molecule is CCOc1ccc(Cn2cc(NC(=O)c3ccn(COc4ccc(Cl)cc4Cl)n3)cn2)cc1OCC. The molecule has 2 aromatic carbocycles. The number of ether oxygens (including phenoxy) is 3. The highest BCUT2D eigenvalue weighted by molar-refractivity contribution is 6.35. The number of rotatable bonds is 11. The first-order valence-corrected chi connectivity index (χ1v) is 12.0. The molecule has 2 heterocycles. The molecule has 0 spiro atoms. The van der Waals surface area contributed by atoms with Gasteiger partial charge in [0, 0.05) is 17.4 Å². The van der Waals surface area contributed by atoms with Gasteiger partial charge < -0.3 is 19.5 Å². The van der Waals surface area contributed by atoms with Gasteiger partial charge in [0.25, 0.3) is 5.91 Å². The van der Waals surface area contributed by atoms with Crippen molar-refractivity contribution >= 4 is 34.8 Å². The normalized spacial score (nSPS) is 10.8. The predicted octanol–water partition coefficient (Wildman–Crippen LogP) is 5.52. The average molecular weight is 530 g/mol. The second kappa shape index (κ2) is 11.8. The molecule has 4 rings (SSSR count). The van der Waals surface area contributed by atoms with Crippen molar-refractivity contribution in [3.05, 3.63) is 82.4 Å². The molecule has 0 bridgehead atoms. The Kier molecular flexibility index (Phi) is 8.35. The van der Waals surface area contributed by atoms with Crippen LogP contribution in [-0.4, -0.2) is 38.7 Å². The molecule has 0 unspecified atom stereocenters. The van der Waals surface area contributed by atoms with Crippen LogP contribution >= 0.6 is 23.2 Å². The number of amides is 1. The van der Waals surface area contributed by atoms with E-state index in [-0.39, 0.29) is 18.3 Å². The molecule has 1 amide bonds. The van der Waals surface area contributed by atoms with Crippen molar-refractivity contribution in [2.45, 2.75) is 27.1 Å². The molecule has 36 heavy (non-hydrogen) atoms. The number of halogens is 2. The first-order chi connectivity index (χ1) is 17.4. The lowest BCUT2D eigenvalue weighted by Gasteiger charge is -2.12. The van der Waals surface area contributed by atoms with Crippen molar-refractivity contribution in [3.8, 4) is 17.2 Å². The number of nitrogens with one attached hydrogen (secondary N) is 1. The Bertz CT molecular complexity index is 1340. The minimum atomic E-state index is -0.363. The van der Waals surface area contributed by atoms with Crippen LogP contribution in [0.5, 0.6) is 17.2 Å². The molecule has 11 heteroatoms. The summed E-state index contributed by atoms with van der Waals surface area (Å²) in [5.74, 6) is 1.50. The third kappa shape index (κ3) is 6.50. The second-order valence-corrected chi connectivity index (χ2v) is 8.46. The fraction of sp³-hybridized carbons (Fsp3) is 0.240. The van der Waals surface area contributed by atoms with Crippen molar-refractivity contribution in [2.24, 2.45) is 0 Å². The van der Waals surface area contributed by atoms with E-state index in [1.807, 2.05) is 32.0 Å². The van der Waals surface area contributed by atoms with E-state index in [1.165, 1.54) is 4.68 Å². The lowest BCUT2D eigenvalue weighted by molar-refractivity contribution is 0.102. The van der Waals surface area contributed by atoms with Gasteiger partial charge in [-0.05, 0) is 55.8 Å². The van der Waals surface area contributed by atoms with Crippen LogP contribution in [0.1, 0.15) is 29.9 Å². The Morgan fingerprint density at radius 3 is 2.50 bits per heavy atom. The molecular formula is C25H25Cl2N5O4. The summed E-state index contributed by atoms with van der Waals surface area (Å²) >= 11 is 12.0. The third-order valence-electron chi connectivity index (χ3n) is 4.96. The topological polar surface area (TPSA) is 92.4 Å². The number of nitrogens with zero attached hydrogens (tertiary/aromatic N) is 4. The molecule has 1 N–H and O–H groups in total. The van der Waals surface area contributed by atoms with Gasteiger partial charge in [0.15, 0.2) is 23.9 Å². The van der Waals surface area contributed by atoms with E-state index in [4.69, 9.17) is 37.4 Å². The van der Waals surface area contributed by atoms with Gasteiger partial charge in [0.05, 0.1) is 36.7 Å². The maximum Gasteiger partial charge on any atom is 0.276 e. The molecule has 0 radical (unpaired) electrons. The monoisotopic (exact) mass is 529 g/mol. The van der Waals surface area contributed by atoms with E-state index < -0.39 is 0 Å². The number of benzene rings is 2. The zero-order valence-corrected chi connectivity index (χ0v) is 21.3. The van der Waals surface area contributed by atoms with E-state index >= 15 is 0 Å². The summed E-state index contributed by atoms with van der Waals surface area (Å²) in [4.78, 5) is 12.6. The molecule has 0 saturated heterocycles. The van der Waals surface area contributed by atoms with Crippen molar-refractivity contribution in [1.82, 2.24) is 19.6 Å². The van der Waals surface area contributed by atoms with Gasteiger partial charge in [0.2, 0.25) is 0 Å². The standard InChI is InChI=1S/C25H25Cl2N5O4/c1-3-34-23-7-5-17(11-24(23)35-4-2)14-32-15-19(13-28-32)29-25(33)21-9-10-31(30-21)16-36-22-8-6-18(26)12-20(22)27/h5-13,15H,3-4,14,16H2,1-2H3,(H,29,33). The van der Waals surface area contributed by atoms with E-state index in [9.17, 15) is 4.79 Å². The minimum absolute atomic E-state index is 0.0817. The number of carbonyl (C=O) groups is 1. The van der Waals surface area contributed by atoms with Gasteiger partial charge in [-0.3, -0.25) is 9.48 Å². The van der Waals surface area contributed by atoms with Gasteiger partial charge in [-0.15, -0.1) is 0 Å². The summed E-state index contributed by atoms with van der Waals surface area (Å²) in [7, 11) is 0. The Balaban J connectivity index is 1.34. The smallest absolute Gasteiger partial charge is 0.276 e. The van der Waals surface area contributed by atoms with Crippen LogP contribution in [0.4, 0.5) is 5.69 Å². The molecule has 0 aliphatic rings. The molecule has 4 aromatic rings. The van der Waals surface area contributed by atoms with Gasteiger partial charge in [-0.2, -0.15) is 10.2 Å². The molecule has 188 valence electrons. The van der Waals surface area contributed by atoms with E-state index in [1.54, 1.807) is 47.5 Å². The summed E-state index contributed by atoms with van der Waals surface area (Å²) in [6.45, 7) is 5.54. The fourth-order valence-corrected chi connectivity index (χ4v) is 3.84. The first kappa shape index (κ1) is 25.4. The van der Waals surface area contributed by atoms with Crippen LogP contribution in [0.3, 0.4) is 0 Å². The largest absolute Gasteiger partial charge is 0.490 e. The summed E-state index contributed by atoms with van der Waals surface area (Å²) < 4.78 is 20.2. The van der Waals surface area contributed by atoms with Crippen LogP contribution in [0.2, 0.25) is 10.0 Å². The summed E-state index contributed by atoms with van der Waals surface area (Å²) in [5.41, 5.74) is 1.78. The fourth-order valence-electron chi connectivity index (χ4n) is 3.37. The number of carbonyl (C=O) groups excluding carboxylic acids is 1. The number of anilines is 1. The van der Waals surface area contributed by atoms with Crippen LogP contribution in [0, 0.1) is 0 Å². The Hall–Kier alpha value is -3.69. The Morgan fingerprint density at radius 2 is 1.72 bits per heavy atom. The third-order valence-corrected chi connectivity index (χ3v) is 5.49. The molecule has 0 aliphatic heterocycles. The summed E-state index contributed by atoms with van der Waals surface area (Å²) in [6.07, 6.45) is 4.97. The van der Waals surface area contributed by atoms with Crippen molar-refractivity contribution in [3.63, 3.8) is 0 Å². The highest BCUT2D eigenvalue weighted by atomic mass is 35.5. The molecule has 0 atom stereocenters. The maximum absolute atomic E-state index is 12.6. The summed E-state index contributed by atoms with van der Waals surface area (Å²) in [6, 6.07) is 12.3. The van der Waals surface area contributed by atoms with Crippen molar-refractivity contribution < 1.29 is 19.0 Å². The number of aromatic nitrogens is 4. The minimum Gasteiger partial charge on any atom is -0.490 e. The van der Waals surface area contributed by atoms with Crippen LogP contribution in [-0.2, 0) is 13.3 Å². The first-order valence-electron chi connectivity index (χ1n) is 11.3. The highest BCUT2D eigenvalue weighted by Crippen LogP contribution is 2.29. The zero-order chi connectivity index (χ0) is 25.5. The quantitative estimate of drug-likeness (QED) is 0.275. The second-order valence-electron chi connectivity index (χ2n) is 7.62. The van der Waals surface area contributed by atoms with Gasteiger partial charge in [0.1, 0.15) is 5.75 Å². The lowest BCUT2D eigenvalue weighted by Crippen LogP contribution is -2.14. The average Bonchev–Trinajstić information content (AvgIpc) is 3.50. The zero-order valence-electron chi connectivity index (χ0n) is 19.8. The molecule has 9 nitrogen and oxygen atoms in total. The Labute approximate surface area is 218 Å². The van der Waals surface area contributed by atoms with E-state index in [2.05, 4.69) is 15.5 Å². The molecule has 0 aliphatic carbocycles. The van der Waals surface area contributed by atoms with Crippen LogP contribution in [0.25, 0.3) is 0 Å². The number of hydrogen-bond acceptors (Lipinski definition) is 6. The van der Waals surface area contributed by atoms with Gasteiger partial charge >= 0.3 is 0 Å². The molecular weight excluding hydrogens is 505 g/mol. The molecule has 0 fully saturated rings. The van der Waals surface area contributed by atoms with E-state index in [0.29, 0.717) is 52.7 Å². The van der Waals surface area contributed by atoms with E-state index in [0.717, 1.165) is 5.56 Å². The Morgan fingerprint density at radius 1 is 0.944 bits per heavy atom. The van der Waals surface area contributed by atoms with Crippen molar-refractivity contribution in [1.29, 1.82) is 0 Å².